The quantitative estimate of drug-likeness (QED) is 0.350. The molecule has 2 nitrogen and oxygen atoms in total. The predicted molar refractivity (Wildman–Crippen MR) is 124 cm³/mol. The van der Waals surface area contributed by atoms with Crippen molar-refractivity contribution in [3.05, 3.63) is 136 Å². The van der Waals surface area contributed by atoms with Crippen LogP contribution in [0.5, 0.6) is 0 Å². The zero-order chi connectivity index (χ0) is 20.6. The summed E-state index contributed by atoms with van der Waals surface area (Å²) in [5.74, 6) is 0.189. The monoisotopic (exact) mass is 453 g/mol. The highest BCUT2D eigenvalue weighted by Gasteiger charge is 2.62. The Morgan fingerprint density at radius 2 is 1.10 bits per heavy atom. The summed E-state index contributed by atoms with van der Waals surface area (Å²) in [6.45, 7) is 0. The summed E-state index contributed by atoms with van der Waals surface area (Å²) in [5.41, 5.74) is 3.12. The summed E-state index contributed by atoms with van der Waals surface area (Å²) >= 11 is 3.54. The minimum atomic E-state index is -0.864. The fourth-order valence-corrected chi connectivity index (χ4v) is 4.79. The van der Waals surface area contributed by atoms with Gasteiger partial charge in [-0.3, -0.25) is 4.79 Å². The van der Waals surface area contributed by atoms with Crippen LogP contribution in [-0.4, -0.2) is 5.78 Å². The molecule has 0 aromatic heterocycles. The second-order valence-corrected chi connectivity index (χ2v) is 8.38. The molecular weight excluding hydrogens is 434 g/mol. The van der Waals surface area contributed by atoms with Gasteiger partial charge in [-0.2, -0.15) is 0 Å². The standard InChI is InChI=1S/C27H20BrNO/c28-23-16-18-24(19-17-23)29-25(20-10-4-1-5-11-20)26(30)27(29,21-12-6-2-7-13-21)22-14-8-3-9-15-22/h1-19,25H. The Morgan fingerprint density at radius 1 is 0.633 bits per heavy atom. The first kappa shape index (κ1) is 18.8. The largest absolute Gasteiger partial charge is 0.337 e. The molecule has 5 rings (SSSR count). The van der Waals surface area contributed by atoms with E-state index in [-0.39, 0.29) is 11.8 Å². The van der Waals surface area contributed by atoms with Crippen molar-refractivity contribution in [2.75, 3.05) is 4.90 Å². The van der Waals surface area contributed by atoms with Crippen molar-refractivity contribution in [2.45, 2.75) is 11.6 Å². The van der Waals surface area contributed by atoms with Crippen LogP contribution in [0.25, 0.3) is 0 Å². The van der Waals surface area contributed by atoms with Crippen molar-refractivity contribution in [3.8, 4) is 0 Å². The number of hydrogen-bond donors (Lipinski definition) is 0. The Morgan fingerprint density at radius 3 is 1.60 bits per heavy atom. The number of carbonyl (C=O) groups excluding carboxylic acids is 1. The first-order chi connectivity index (χ1) is 14.7. The number of benzene rings is 4. The van der Waals surface area contributed by atoms with Gasteiger partial charge in [-0.15, -0.1) is 0 Å². The van der Waals surface area contributed by atoms with Gasteiger partial charge in [0.15, 0.2) is 11.3 Å². The van der Waals surface area contributed by atoms with Crippen molar-refractivity contribution in [2.24, 2.45) is 0 Å². The van der Waals surface area contributed by atoms with Crippen LogP contribution in [-0.2, 0) is 10.3 Å². The lowest BCUT2D eigenvalue weighted by atomic mass is 9.65. The molecule has 4 aromatic carbocycles. The summed E-state index contributed by atoms with van der Waals surface area (Å²) in [6, 6.07) is 38.1. The molecule has 0 saturated carbocycles. The van der Waals surface area contributed by atoms with E-state index in [2.05, 4.69) is 57.2 Å². The van der Waals surface area contributed by atoms with E-state index in [1.807, 2.05) is 78.9 Å². The minimum absolute atomic E-state index is 0.189. The number of halogens is 1. The number of nitrogens with zero attached hydrogens (tertiary/aromatic N) is 1. The third kappa shape index (κ3) is 2.81. The lowest BCUT2D eigenvalue weighted by Gasteiger charge is -2.58. The van der Waals surface area contributed by atoms with E-state index >= 15 is 0 Å². The Bertz CT molecular complexity index is 1120. The highest BCUT2D eigenvalue weighted by molar-refractivity contribution is 9.10. The molecule has 3 heteroatoms. The molecular formula is C27H20BrNO. The van der Waals surface area contributed by atoms with Crippen LogP contribution in [0, 0.1) is 0 Å². The molecule has 1 aliphatic rings. The second kappa shape index (κ2) is 7.58. The fraction of sp³-hybridized carbons (Fsp3) is 0.0741. The van der Waals surface area contributed by atoms with Gasteiger partial charge in [-0.05, 0) is 41.0 Å². The topological polar surface area (TPSA) is 20.3 Å². The maximum atomic E-state index is 14.1. The number of hydrogen-bond acceptors (Lipinski definition) is 2. The highest BCUT2D eigenvalue weighted by Crippen LogP contribution is 2.55. The van der Waals surface area contributed by atoms with Crippen LogP contribution in [0.3, 0.4) is 0 Å². The summed E-state index contributed by atoms with van der Waals surface area (Å²) in [5, 5.41) is 0. The Labute approximate surface area is 184 Å². The number of anilines is 1. The van der Waals surface area contributed by atoms with Crippen molar-refractivity contribution < 1.29 is 4.79 Å². The average Bonchev–Trinajstić information content (AvgIpc) is 2.81. The van der Waals surface area contributed by atoms with Gasteiger partial charge in [-0.25, -0.2) is 0 Å². The van der Waals surface area contributed by atoms with Crippen LogP contribution >= 0.6 is 15.9 Å². The first-order valence-corrected chi connectivity index (χ1v) is 10.8. The molecule has 1 heterocycles. The molecule has 146 valence electrons. The van der Waals surface area contributed by atoms with Gasteiger partial charge >= 0.3 is 0 Å². The Hall–Kier alpha value is -3.17. The van der Waals surface area contributed by atoms with E-state index in [1.54, 1.807) is 0 Å². The van der Waals surface area contributed by atoms with E-state index in [0.29, 0.717) is 0 Å². The van der Waals surface area contributed by atoms with Gasteiger partial charge in [0, 0.05) is 10.2 Å². The van der Waals surface area contributed by atoms with E-state index in [4.69, 9.17) is 0 Å². The van der Waals surface area contributed by atoms with Crippen LogP contribution in [0.1, 0.15) is 22.7 Å². The summed E-state index contributed by atoms with van der Waals surface area (Å²) in [6.07, 6.45) is 0. The summed E-state index contributed by atoms with van der Waals surface area (Å²) in [7, 11) is 0. The van der Waals surface area contributed by atoms with E-state index in [9.17, 15) is 4.79 Å². The lowest BCUT2D eigenvalue weighted by molar-refractivity contribution is -0.131. The molecule has 1 saturated heterocycles. The minimum Gasteiger partial charge on any atom is -0.337 e. The van der Waals surface area contributed by atoms with Crippen molar-refractivity contribution in [1.82, 2.24) is 0 Å². The zero-order valence-corrected chi connectivity index (χ0v) is 17.9. The van der Waals surface area contributed by atoms with Crippen LogP contribution < -0.4 is 4.90 Å². The zero-order valence-electron chi connectivity index (χ0n) is 16.3. The molecule has 1 unspecified atom stereocenters. The number of rotatable bonds is 4. The van der Waals surface area contributed by atoms with Crippen molar-refractivity contribution in [1.29, 1.82) is 0 Å². The third-order valence-corrected chi connectivity index (χ3v) is 6.36. The molecule has 4 aromatic rings. The number of carbonyl (C=O) groups is 1. The maximum Gasteiger partial charge on any atom is 0.194 e. The van der Waals surface area contributed by atoms with E-state index < -0.39 is 5.54 Å². The van der Waals surface area contributed by atoms with Crippen molar-refractivity contribution in [3.63, 3.8) is 0 Å². The van der Waals surface area contributed by atoms with Gasteiger partial charge in [0.05, 0.1) is 0 Å². The van der Waals surface area contributed by atoms with Gasteiger partial charge < -0.3 is 4.90 Å². The molecule has 0 amide bonds. The lowest BCUT2D eigenvalue weighted by Crippen LogP contribution is -2.68. The smallest absolute Gasteiger partial charge is 0.194 e. The fourth-order valence-electron chi connectivity index (χ4n) is 4.53. The third-order valence-electron chi connectivity index (χ3n) is 5.83. The summed E-state index contributed by atoms with van der Waals surface area (Å²) < 4.78 is 1.01. The van der Waals surface area contributed by atoms with E-state index in [0.717, 1.165) is 26.9 Å². The van der Waals surface area contributed by atoms with Crippen LogP contribution in [0.15, 0.2) is 120 Å². The second-order valence-electron chi connectivity index (χ2n) is 7.47. The van der Waals surface area contributed by atoms with Gasteiger partial charge in [-0.1, -0.05) is 107 Å². The molecule has 1 atom stereocenters. The average molecular weight is 454 g/mol. The van der Waals surface area contributed by atoms with Crippen LogP contribution in [0.4, 0.5) is 5.69 Å². The molecule has 0 N–H and O–H groups in total. The molecule has 0 spiro atoms. The van der Waals surface area contributed by atoms with Gasteiger partial charge in [0.1, 0.15) is 6.04 Å². The Balaban J connectivity index is 1.78. The molecule has 30 heavy (non-hydrogen) atoms. The van der Waals surface area contributed by atoms with Gasteiger partial charge in [0.2, 0.25) is 0 Å². The van der Waals surface area contributed by atoms with E-state index in [1.165, 1.54) is 0 Å². The molecule has 1 aliphatic heterocycles. The molecule has 0 bridgehead atoms. The number of ketones is 1. The SMILES string of the molecule is O=C1C(c2ccccc2)N(c2ccc(Br)cc2)C1(c1ccccc1)c1ccccc1. The predicted octanol–water partition coefficient (Wildman–Crippen LogP) is 6.52. The van der Waals surface area contributed by atoms with Gasteiger partial charge in [0.25, 0.3) is 0 Å². The normalized spacial score (nSPS) is 17.4. The number of Topliss-reactive ketones (excluding diaryl/α,β-unsaturated/α-hetero) is 1. The molecule has 0 radical (unpaired) electrons. The summed E-state index contributed by atoms with van der Waals surface area (Å²) in [4.78, 5) is 16.4. The maximum absolute atomic E-state index is 14.1. The molecule has 1 fully saturated rings. The molecule has 0 aliphatic carbocycles. The Kier molecular flexibility index (Phi) is 4.76. The highest BCUT2D eigenvalue weighted by atomic mass is 79.9. The van der Waals surface area contributed by atoms with Crippen LogP contribution in [0.2, 0.25) is 0 Å². The van der Waals surface area contributed by atoms with Crippen molar-refractivity contribution >= 4 is 27.4 Å². The first-order valence-electron chi connectivity index (χ1n) is 9.98.